The molecular formula is C17H21N3O6S. The monoisotopic (exact) mass is 395 g/mol. The Labute approximate surface area is 157 Å². The normalized spacial score (nSPS) is 20.0. The van der Waals surface area contributed by atoms with Crippen LogP contribution in [0.2, 0.25) is 0 Å². The minimum Gasteiger partial charge on any atom is -0.455 e. The summed E-state index contributed by atoms with van der Waals surface area (Å²) in [6.07, 6.45) is -0.208. The Hall–Kier alpha value is -2.48. The number of hydrogen-bond acceptors (Lipinski definition) is 7. The van der Waals surface area contributed by atoms with Crippen molar-refractivity contribution in [1.82, 2.24) is 9.62 Å². The third-order valence-corrected chi connectivity index (χ3v) is 5.25. The van der Waals surface area contributed by atoms with E-state index < -0.39 is 29.1 Å². The van der Waals surface area contributed by atoms with E-state index in [1.54, 1.807) is 4.90 Å². The number of benzene rings is 1. The van der Waals surface area contributed by atoms with Crippen molar-refractivity contribution in [1.29, 1.82) is 5.26 Å². The van der Waals surface area contributed by atoms with Crippen LogP contribution in [-0.4, -0.2) is 63.6 Å². The van der Waals surface area contributed by atoms with Gasteiger partial charge in [0.1, 0.15) is 6.54 Å². The van der Waals surface area contributed by atoms with Crippen LogP contribution >= 0.6 is 0 Å². The van der Waals surface area contributed by atoms with Crippen LogP contribution in [-0.2, 0) is 29.1 Å². The van der Waals surface area contributed by atoms with Crippen LogP contribution in [0.15, 0.2) is 29.2 Å². The molecule has 9 nitrogen and oxygen atoms in total. The molecule has 1 aromatic carbocycles. The van der Waals surface area contributed by atoms with Crippen molar-refractivity contribution in [3.63, 3.8) is 0 Å². The second-order valence-electron chi connectivity index (χ2n) is 6.18. The zero-order valence-electron chi connectivity index (χ0n) is 15.0. The summed E-state index contributed by atoms with van der Waals surface area (Å²) in [6, 6.07) is 7.12. The minimum atomic E-state index is -3.93. The Morgan fingerprint density at radius 3 is 2.41 bits per heavy atom. The molecule has 10 heteroatoms. The Morgan fingerprint density at radius 1 is 1.26 bits per heavy atom. The Morgan fingerprint density at radius 2 is 1.85 bits per heavy atom. The smallest absolute Gasteiger partial charge is 0.321 e. The minimum absolute atomic E-state index is 0.0818. The fourth-order valence-electron chi connectivity index (χ4n) is 2.61. The maximum atomic E-state index is 12.1. The maximum absolute atomic E-state index is 12.1. The average molecular weight is 395 g/mol. The van der Waals surface area contributed by atoms with Gasteiger partial charge in [-0.15, -0.1) is 0 Å². The standard InChI is InChI=1S/C17H21N3O6S/c1-12-9-20(10-13(2)26-12)16(21)11-25-17(22)8-19-27(23,24)15-5-3-14(7-18)4-6-15/h3-6,12-13,19H,8-11H2,1-2H3/t12-,13-/m0/s1. The van der Waals surface area contributed by atoms with Crippen molar-refractivity contribution in [3.05, 3.63) is 29.8 Å². The molecule has 27 heavy (non-hydrogen) atoms. The van der Waals surface area contributed by atoms with Gasteiger partial charge < -0.3 is 14.4 Å². The lowest BCUT2D eigenvalue weighted by Gasteiger charge is -2.35. The Bertz CT molecular complexity index is 821. The quantitative estimate of drug-likeness (QED) is 0.673. The van der Waals surface area contributed by atoms with E-state index in [1.165, 1.54) is 24.3 Å². The fourth-order valence-corrected chi connectivity index (χ4v) is 3.58. The molecule has 0 aliphatic carbocycles. The zero-order valence-corrected chi connectivity index (χ0v) is 15.9. The van der Waals surface area contributed by atoms with Gasteiger partial charge in [0.15, 0.2) is 6.61 Å². The number of carbonyl (C=O) groups excluding carboxylic acids is 2. The van der Waals surface area contributed by atoms with Crippen molar-refractivity contribution in [2.75, 3.05) is 26.2 Å². The van der Waals surface area contributed by atoms with Crippen LogP contribution in [0.4, 0.5) is 0 Å². The molecule has 0 radical (unpaired) electrons. The lowest BCUT2D eigenvalue weighted by atomic mass is 10.2. The summed E-state index contributed by atoms with van der Waals surface area (Å²) in [5.41, 5.74) is 0.318. The average Bonchev–Trinajstić information content (AvgIpc) is 2.63. The summed E-state index contributed by atoms with van der Waals surface area (Å²) in [5, 5.41) is 8.72. The van der Waals surface area contributed by atoms with Gasteiger partial charge >= 0.3 is 5.97 Å². The van der Waals surface area contributed by atoms with E-state index in [2.05, 4.69) is 4.72 Å². The van der Waals surface area contributed by atoms with Crippen LogP contribution in [0, 0.1) is 11.3 Å². The lowest BCUT2D eigenvalue weighted by Crippen LogP contribution is -2.49. The van der Waals surface area contributed by atoms with Crippen molar-refractivity contribution in [3.8, 4) is 6.07 Å². The van der Waals surface area contributed by atoms with E-state index in [9.17, 15) is 18.0 Å². The van der Waals surface area contributed by atoms with Crippen molar-refractivity contribution >= 4 is 21.9 Å². The third-order valence-electron chi connectivity index (χ3n) is 3.83. The summed E-state index contributed by atoms with van der Waals surface area (Å²) < 4.78 is 36.7. The highest BCUT2D eigenvalue weighted by Gasteiger charge is 2.26. The van der Waals surface area contributed by atoms with Crippen molar-refractivity contribution in [2.24, 2.45) is 0 Å². The molecule has 146 valence electrons. The topological polar surface area (TPSA) is 126 Å². The molecule has 1 saturated heterocycles. The summed E-state index contributed by atoms with van der Waals surface area (Å²) in [7, 11) is -3.93. The molecule has 1 N–H and O–H groups in total. The maximum Gasteiger partial charge on any atom is 0.321 e. The van der Waals surface area contributed by atoms with E-state index in [1.807, 2.05) is 19.9 Å². The van der Waals surface area contributed by atoms with E-state index in [0.29, 0.717) is 18.7 Å². The first-order chi connectivity index (χ1) is 12.7. The molecule has 2 rings (SSSR count). The molecule has 0 aromatic heterocycles. The van der Waals surface area contributed by atoms with Crippen LogP contribution < -0.4 is 4.72 Å². The first-order valence-electron chi connectivity index (χ1n) is 8.30. The molecule has 1 amide bonds. The molecule has 1 aliphatic rings. The van der Waals surface area contributed by atoms with Crippen LogP contribution in [0.25, 0.3) is 0 Å². The molecule has 1 aromatic rings. The Kier molecular flexibility index (Phi) is 6.90. The highest BCUT2D eigenvalue weighted by atomic mass is 32.2. The van der Waals surface area contributed by atoms with Crippen molar-refractivity contribution < 1.29 is 27.5 Å². The predicted octanol–water partition coefficient (Wildman–Crippen LogP) is 0.0156. The molecule has 0 unspecified atom stereocenters. The third kappa shape index (κ3) is 6.02. The number of ether oxygens (including phenoxy) is 2. The number of amides is 1. The highest BCUT2D eigenvalue weighted by molar-refractivity contribution is 7.89. The van der Waals surface area contributed by atoms with Gasteiger partial charge in [-0.2, -0.15) is 9.98 Å². The van der Waals surface area contributed by atoms with Gasteiger partial charge in [-0.3, -0.25) is 9.59 Å². The molecule has 0 saturated carbocycles. The summed E-state index contributed by atoms with van der Waals surface area (Å²) in [6.45, 7) is 3.44. The largest absolute Gasteiger partial charge is 0.455 e. The van der Waals surface area contributed by atoms with Crippen molar-refractivity contribution in [2.45, 2.75) is 31.0 Å². The predicted molar refractivity (Wildman–Crippen MR) is 93.9 cm³/mol. The second-order valence-corrected chi connectivity index (χ2v) is 7.94. The SMILES string of the molecule is C[C@H]1CN(C(=O)COC(=O)CNS(=O)(=O)c2ccc(C#N)cc2)C[C@H](C)O1. The van der Waals surface area contributed by atoms with E-state index >= 15 is 0 Å². The molecule has 1 aliphatic heterocycles. The summed E-state index contributed by atoms with van der Waals surface area (Å²) in [5.74, 6) is -1.23. The number of nitrogens with one attached hydrogen (secondary N) is 1. The van der Waals surface area contributed by atoms with Crippen LogP contribution in [0.3, 0.4) is 0 Å². The summed E-state index contributed by atoms with van der Waals surface area (Å²) >= 11 is 0. The Balaban J connectivity index is 1.81. The number of carbonyl (C=O) groups is 2. The van der Waals surface area contributed by atoms with Gasteiger partial charge in [0.2, 0.25) is 10.0 Å². The first-order valence-corrected chi connectivity index (χ1v) is 9.78. The number of nitriles is 1. The van der Waals surface area contributed by atoms with E-state index in [0.717, 1.165) is 0 Å². The van der Waals surface area contributed by atoms with Gasteiger partial charge in [-0.1, -0.05) is 0 Å². The zero-order chi connectivity index (χ0) is 20.0. The van der Waals surface area contributed by atoms with Gasteiger partial charge in [0, 0.05) is 13.1 Å². The highest BCUT2D eigenvalue weighted by Crippen LogP contribution is 2.11. The summed E-state index contributed by atoms with van der Waals surface area (Å²) in [4.78, 5) is 25.3. The lowest BCUT2D eigenvalue weighted by molar-refractivity contribution is -0.156. The second kappa shape index (κ2) is 8.94. The molecule has 2 atom stereocenters. The number of nitrogens with zero attached hydrogens (tertiary/aromatic N) is 2. The molecule has 1 fully saturated rings. The molecular weight excluding hydrogens is 374 g/mol. The molecule has 0 bridgehead atoms. The number of morpholine rings is 1. The molecule has 1 heterocycles. The molecule has 0 spiro atoms. The van der Waals surface area contributed by atoms with Crippen LogP contribution in [0.5, 0.6) is 0 Å². The van der Waals surface area contributed by atoms with Crippen LogP contribution in [0.1, 0.15) is 19.4 Å². The van der Waals surface area contributed by atoms with Gasteiger partial charge in [0.25, 0.3) is 5.91 Å². The first kappa shape index (κ1) is 20.8. The van der Waals surface area contributed by atoms with E-state index in [-0.39, 0.29) is 23.0 Å². The van der Waals surface area contributed by atoms with Gasteiger partial charge in [-0.25, -0.2) is 8.42 Å². The van der Waals surface area contributed by atoms with Gasteiger partial charge in [-0.05, 0) is 38.1 Å². The number of rotatable bonds is 6. The number of sulfonamides is 1. The number of esters is 1. The van der Waals surface area contributed by atoms with E-state index in [4.69, 9.17) is 14.7 Å². The number of hydrogen-bond donors (Lipinski definition) is 1. The fraction of sp³-hybridized carbons (Fsp3) is 0.471. The van der Waals surface area contributed by atoms with Gasteiger partial charge in [0.05, 0.1) is 28.7 Å².